The van der Waals surface area contributed by atoms with Gasteiger partial charge in [0.05, 0.1) is 31.8 Å². The van der Waals surface area contributed by atoms with Gasteiger partial charge in [0.15, 0.2) is 0 Å². The Morgan fingerprint density at radius 3 is 2.33 bits per heavy atom. The Morgan fingerprint density at radius 1 is 0.933 bits per heavy atom. The predicted molar refractivity (Wildman–Crippen MR) is 114 cm³/mol. The van der Waals surface area contributed by atoms with Gasteiger partial charge in [0.25, 0.3) is 5.91 Å². The number of anilines is 1. The molecule has 0 aliphatic carbocycles. The average Bonchev–Trinajstić information content (AvgIpc) is 2.83. The van der Waals surface area contributed by atoms with E-state index in [0.717, 1.165) is 11.1 Å². The van der Waals surface area contributed by atoms with Crippen LogP contribution >= 0.6 is 0 Å². The summed E-state index contributed by atoms with van der Waals surface area (Å²) < 4.78 is 26.2. The molecule has 0 radical (unpaired) electrons. The smallest absolute Gasteiger partial charge is 0.259 e. The molecule has 1 unspecified atom stereocenters. The first kappa shape index (κ1) is 20.2. The molecule has 30 heavy (non-hydrogen) atoms. The number of nitrogens with zero attached hydrogens (tertiary/aromatic N) is 1. The maximum absolute atomic E-state index is 13.2. The van der Waals surface area contributed by atoms with E-state index in [1.165, 1.54) is 12.1 Å². The number of amides is 1. The monoisotopic (exact) mass is 421 g/mol. The average molecular weight is 421 g/mol. The molecule has 0 saturated heterocycles. The molecular weight excluding hydrogens is 401 g/mol. The molecule has 1 atom stereocenters. The van der Waals surface area contributed by atoms with E-state index in [1.54, 1.807) is 59.5 Å². The van der Waals surface area contributed by atoms with Crippen LogP contribution < -0.4 is 4.90 Å². The Kier molecular flexibility index (Phi) is 5.59. The molecule has 4 nitrogen and oxygen atoms in total. The van der Waals surface area contributed by atoms with Crippen LogP contribution in [0, 0.1) is 5.82 Å². The highest BCUT2D eigenvalue weighted by molar-refractivity contribution is 7.85. The highest BCUT2D eigenvalue weighted by atomic mass is 32.2. The van der Waals surface area contributed by atoms with Gasteiger partial charge in [-0.2, -0.15) is 0 Å². The molecule has 0 aromatic heterocycles. The van der Waals surface area contributed by atoms with Crippen LogP contribution in [0.3, 0.4) is 0 Å². The number of benzene rings is 3. The minimum atomic E-state index is -1.49. The van der Waals surface area contributed by atoms with Crippen molar-refractivity contribution in [3.63, 3.8) is 0 Å². The Balaban J connectivity index is 1.64. The van der Waals surface area contributed by atoms with Gasteiger partial charge in [-0.15, -0.1) is 0 Å². The van der Waals surface area contributed by atoms with Gasteiger partial charge in [0.1, 0.15) is 11.6 Å². The Bertz CT molecular complexity index is 1160. The van der Waals surface area contributed by atoms with Crippen molar-refractivity contribution in [2.24, 2.45) is 0 Å². The Labute approximate surface area is 176 Å². The third-order valence-corrected chi connectivity index (χ3v) is 6.61. The van der Waals surface area contributed by atoms with Gasteiger partial charge in [-0.3, -0.25) is 9.59 Å². The van der Waals surface area contributed by atoms with E-state index in [1.807, 2.05) is 6.92 Å². The molecular formula is C24H20FNO3S. The standard InChI is InChI=1S/C24H20FNO3S/c1-2-26-21-15-17(14-19(27)13-16-7-10-18(25)11-8-16)9-12-23(21)30(29)22-6-4-3-5-20(22)24(26)28/h3-12,15H,2,13-14H2,1H3. The number of hydrogen-bond donors (Lipinski definition) is 0. The summed E-state index contributed by atoms with van der Waals surface area (Å²) in [5.74, 6) is -0.556. The lowest BCUT2D eigenvalue weighted by Gasteiger charge is -2.21. The van der Waals surface area contributed by atoms with Crippen molar-refractivity contribution in [2.75, 3.05) is 11.4 Å². The van der Waals surface area contributed by atoms with E-state index < -0.39 is 10.8 Å². The highest BCUT2D eigenvalue weighted by Gasteiger charge is 2.30. The molecule has 1 amide bonds. The summed E-state index contributed by atoms with van der Waals surface area (Å²) >= 11 is 0. The van der Waals surface area contributed by atoms with Crippen molar-refractivity contribution in [3.8, 4) is 0 Å². The van der Waals surface area contributed by atoms with Crippen molar-refractivity contribution >= 4 is 28.2 Å². The number of ketones is 1. The summed E-state index contributed by atoms with van der Waals surface area (Å²) in [6.45, 7) is 2.29. The summed E-state index contributed by atoms with van der Waals surface area (Å²) in [7, 11) is -1.49. The summed E-state index contributed by atoms with van der Waals surface area (Å²) in [5.41, 5.74) is 2.50. The molecule has 0 bridgehead atoms. The largest absolute Gasteiger partial charge is 0.307 e. The third-order valence-electron chi connectivity index (χ3n) is 5.11. The lowest BCUT2D eigenvalue weighted by atomic mass is 10.0. The zero-order valence-corrected chi connectivity index (χ0v) is 17.2. The summed E-state index contributed by atoms with van der Waals surface area (Å²) in [6, 6.07) is 18.1. The van der Waals surface area contributed by atoms with Crippen LogP contribution in [0.25, 0.3) is 0 Å². The zero-order chi connectivity index (χ0) is 21.3. The molecule has 0 fully saturated rings. The first-order chi connectivity index (χ1) is 14.5. The number of Topliss-reactive ketones (excluding diaryl/α,β-unsaturated/α-hetero) is 1. The second kappa shape index (κ2) is 8.32. The van der Waals surface area contributed by atoms with Crippen molar-refractivity contribution in [3.05, 3.63) is 89.2 Å². The van der Waals surface area contributed by atoms with E-state index in [-0.39, 0.29) is 30.3 Å². The van der Waals surface area contributed by atoms with Crippen LogP contribution in [0.1, 0.15) is 28.4 Å². The van der Waals surface area contributed by atoms with Gasteiger partial charge >= 0.3 is 0 Å². The van der Waals surface area contributed by atoms with Gasteiger partial charge in [0.2, 0.25) is 0 Å². The molecule has 1 aliphatic heterocycles. The maximum atomic E-state index is 13.2. The molecule has 4 rings (SSSR count). The van der Waals surface area contributed by atoms with E-state index in [2.05, 4.69) is 0 Å². The first-order valence-electron chi connectivity index (χ1n) is 9.69. The fourth-order valence-corrected chi connectivity index (χ4v) is 5.00. The van der Waals surface area contributed by atoms with Gasteiger partial charge in [0, 0.05) is 19.4 Å². The maximum Gasteiger partial charge on any atom is 0.259 e. The molecule has 6 heteroatoms. The second-order valence-electron chi connectivity index (χ2n) is 7.14. The summed E-state index contributed by atoms with van der Waals surface area (Å²) in [5, 5.41) is 0. The van der Waals surface area contributed by atoms with Crippen molar-refractivity contribution in [1.29, 1.82) is 0 Å². The first-order valence-corrected chi connectivity index (χ1v) is 10.8. The van der Waals surface area contributed by atoms with Crippen molar-refractivity contribution < 1.29 is 18.2 Å². The van der Waals surface area contributed by atoms with Gasteiger partial charge in [-0.25, -0.2) is 8.60 Å². The van der Waals surface area contributed by atoms with Gasteiger partial charge in [-0.1, -0.05) is 30.3 Å². The molecule has 1 aliphatic rings. The lowest BCUT2D eigenvalue weighted by molar-refractivity contribution is -0.117. The summed E-state index contributed by atoms with van der Waals surface area (Å²) in [4.78, 5) is 28.3. The highest BCUT2D eigenvalue weighted by Crippen LogP contribution is 2.35. The van der Waals surface area contributed by atoms with Crippen LogP contribution in [-0.2, 0) is 28.4 Å². The van der Waals surface area contributed by atoms with E-state index in [4.69, 9.17) is 0 Å². The lowest BCUT2D eigenvalue weighted by Crippen LogP contribution is -2.30. The molecule has 152 valence electrons. The van der Waals surface area contributed by atoms with Crippen LogP contribution in [0.2, 0.25) is 0 Å². The SMILES string of the molecule is CCN1C(=O)c2ccccc2S(=O)c2ccc(CC(=O)Cc3ccc(F)cc3)cc21. The van der Waals surface area contributed by atoms with Gasteiger partial charge < -0.3 is 4.90 Å². The molecule has 0 saturated carbocycles. The zero-order valence-electron chi connectivity index (χ0n) is 16.4. The quantitative estimate of drug-likeness (QED) is 0.616. The fourth-order valence-electron chi connectivity index (χ4n) is 3.65. The van der Waals surface area contributed by atoms with Crippen LogP contribution in [-0.4, -0.2) is 22.4 Å². The molecule has 0 N–H and O–H groups in total. The number of rotatable bonds is 5. The third kappa shape index (κ3) is 3.83. The number of hydrogen-bond acceptors (Lipinski definition) is 3. The topological polar surface area (TPSA) is 54.5 Å². The van der Waals surface area contributed by atoms with Crippen LogP contribution in [0.5, 0.6) is 0 Å². The van der Waals surface area contributed by atoms with E-state index in [0.29, 0.717) is 27.6 Å². The van der Waals surface area contributed by atoms with Crippen molar-refractivity contribution in [2.45, 2.75) is 29.6 Å². The van der Waals surface area contributed by atoms with Crippen LogP contribution in [0.15, 0.2) is 76.5 Å². The normalized spacial score (nSPS) is 15.3. The minimum Gasteiger partial charge on any atom is -0.307 e. The number of carbonyl (C=O) groups is 2. The molecule has 0 spiro atoms. The molecule has 3 aromatic carbocycles. The number of fused-ring (bicyclic) bond motifs is 2. The fraction of sp³-hybridized carbons (Fsp3) is 0.167. The minimum absolute atomic E-state index is 0.0195. The Morgan fingerprint density at radius 2 is 1.60 bits per heavy atom. The molecule has 3 aromatic rings. The Hall–Kier alpha value is -3.12. The van der Waals surface area contributed by atoms with E-state index >= 15 is 0 Å². The summed E-state index contributed by atoms with van der Waals surface area (Å²) in [6.07, 6.45) is 0.376. The van der Waals surface area contributed by atoms with E-state index in [9.17, 15) is 18.2 Å². The number of halogens is 1. The van der Waals surface area contributed by atoms with Gasteiger partial charge in [-0.05, 0) is 54.4 Å². The predicted octanol–water partition coefficient (Wildman–Crippen LogP) is 4.33. The number of carbonyl (C=O) groups excluding carboxylic acids is 2. The van der Waals surface area contributed by atoms with Crippen molar-refractivity contribution in [1.82, 2.24) is 0 Å². The second-order valence-corrected chi connectivity index (χ2v) is 8.55. The molecule has 1 heterocycles. The van der Waals surface area contributed by atoms with Crippen LogP contribution in [0.4, 0.5) is 10.1 Å².